The molecule has 1 saturated carbocycles. The van der Waals surface area contributed by atoms with Gasteiger partial charge in [0.05, 0.1) is 6.20 Å². The molecule has 15 heavy (non-hydrogen) atoms. The van der Waals surface area contributed by atoms with Gasteiger partial charge in [-0.05, 0) is 18.8 Å². The first kappa shape index (κ1) is 10.2. The quantitative estimate of drug-likeness (QED) is 0.784. The van der Waals surface area contributed by atoms with E-state index in [9.17, 15) is 4.79 Å². The summed E-state index contributed by atoms with van der Waals surface area (Å²) in [6, 6.07) is 0. The van der Waals surface area contributed by atoms with Crippen LogP contribution in [0.5, 0.6) is 0 Å². The average Bonchev–Trinajstić information content (AvgIpc) is 2.68. The lowest BCUT2D eigenvalue weighted by atomic mass is 9.83. The van der Waals surface area contributed by atoms with Gasteiger partial charge in [0, 0.05) is 5.92 Å². The Labute approximate surface area is 88.7 Å². The number of H-pyrrole nitrogens is 1. The summed E-state index contributed by atoms with van der Waals surface area (Å²) in [5.74, 6) is 1.14. The molecule has 1 aliphatic carbocycles. The third-order valence-electron chi connectivity index (χ3n) is 3.23. The van der Waals surface area contributed by atoms with E-state index in [1.807, 2.05) is 0 Å². The van der Waals surface area contributed by atoms with Gasteiger partial charge in [-0.2, -0.15) is 0 Å². The van der Waals surface area contributed by atoms with Crippen LogP contribution >= 0.6 is 0 Å². The van der Waals surface area contributed by atoms with Crippen LogP contribution in [0.25, 0.3) is 0 Å². The highest BCUT2D eigenvalue weighted by Gasteiger charge is 2.22. The molecule has 1 aromatic rings. The fraction of sp³-hybridized carbons (Fsp3) is 0.636. The van der Waals surface area contributed by atoms with Crippen molar-refractivity contribution < 1.29 is 9.90 Å². The number of carboxylic acid groups (broad SMARTS) is 1. The van der Waals surface area contributed by atoms with Crippen molar-refractivity contribution in [2.75, 3.05) is 0 Å². The number of imidazole rings is 1. The van der Waals surface area contributed by atoms with Crippen molar-refractivity contribution in [2.24, 2.45) is 5.92 Å². The van der Waals surface area contributed by atoms with Gasteiger partial charge < -0.3 is 10.1 Å². The molecule has 0 bridgehead atoms. The van der Waals surface area contributed by atoms with Gasteiger partial charge in [-0.3, -0.25) is 0 Å². The maximum atomic E-state index is 10.7. The third kappa shape index (κ3) is 2.19. The van der Waals surface area contributed by atoms with Gasteiger partial charge in [0.25, 0.3) is 0 Å². The summed E-state index contributed by atoms with van der Waals surface area (Å²) >= 11 is 0. The van der Waals surface area contributed by atoms with E-state index in [-0.39, 0.29) is 5.69 Å². The first-order valence-corrected chi connectivity index (χ1v) is 5.45. The number of aromatic carboxylic acids is 1. The Morgan fingerprint density at radius 3 is 2.67 bits per heavy atom. The maximum absolute atomic E-state index is 10.7. The number of carbonyl (C=O) groups is 1. The third-order valence-corrected chi connectivity index (χ3v) is 3.23. The molecule has 0 radical (unpaired) electrons. The van der Waals surface area contributed by atoms with Crippen LogP contribution < -0.4 is 0 Å². The average molecular weight is 208 g/mol. The molecule has 0 unspecified atom stereocenters. The first-order valence-electron chi connectivity index (χ1n) is 5.45. The fourth-order valence-electron chi connectivity index (χ4n) is 2.19. The van der Waals surface area contributed by atoms with Gasteiger partial charge in [0.15, 0.2) is 0 Å². The molecule has 82 valence electrons. The summed E-state index contributed by atoms with van der Waals surface area (Å²) in [6.45, 7) is 2.26. The second-order valence-corrected chi connectivity index (χ2v) is 4.44. The molecule has 0 amide bonds. The molecule has 0 aromatic carbocycles. The Bertz CT molecular complexity index is 351. The summed E-state index contributed by atoms with van der Waals surface area (Å²) in [6.07, 6.45) is 6.08. The molecule has 0 aliphatic heterocycles. The zero-order valence-electron chi connectivity index (χ0n) is 8.86. The molecule has 2 N–H and O–H groups in total. The minimum absolute atomic E-state index is 0.198. The number of aromatic amines is 1. The van der Waals surface area contributed by atoms with Crippen LogP contribution in [0.4, 0.5) is 0 Å². The summed E-state index contributed by atoms with van der Waals surface area (Å²) in [7, 11) is 0. The van der Waals surface area contributed by atoms with E-state index in [2.05, 4.69) is 16.9 Å². The molecule has 0 atom stereocenters. The number of hydrogen-bond donors (Lipinski definition) is 2. The zero-order valence-corrected chi connectivity index (χ0v) is 8.86. The van der Waals surface area contributed by atoms with Crippen LogP contribution in [0.1, 0.15) is 54.8 Å². The van der Waals surface area contributed by atoms with Crippen LogP contribution in [0.2, 0.25) is 0 Å². The molecule has 0 saturated heterocycles. The molecule has 1 fully saturated rings. The predicted molar refractivity (Wildman–Crippen MR) is 55.9 cm³/mol. The SMILES string of the molecule is CC1CCC(c2ncc(C(=O)O)[nH]2)CC1. The van der Waals surface area contributed by atoms with Crippen molar-refractivity contribution in [3.63, 3.8) is 0 Å². The van der Waals surface area contributed by atoms with Crippen LogP contribution in [0.15, 0.2) is 6.20 Å². The van der Waals surface area contributed by atoms with E-state index in [1.54, 1.807) is 0 Å². The van der Waals surface area contributed by atoms with Crippen LogP contribution in [0, 0.1) is 5.92 Å². The Balaban J connectivity index is 2.06. The van der Waals surface area contributed by atoms with Gasteiger partial charge in [0.1, 0.15) is 11.5 Å². The summed E-state index contributed by atoms with van der Waals surface area (Å²) < 4.78 is 0. The lowest BCUT2D eigenvalue weighted by Crippen LogP contribution is -2.12. The number of aromatic nitrogens is 2. The topological polar surface area (TPSA) is 66.0 Å². The highest BCUT2D eigenvalue weighted by Crippen LogP contribution is 2.33. The highest BCUT2D eigenvalue weighted by molar-refractivity contribution is 5.85. The second kappa shape index (κ2) is 4.04. The molecule has 1 aromatic heterocycles. The van der Waals surface area contributed by atoms with E-state index in [0.717, 1.165) is 24.6 Å². The zero-order chi connectivity index (χ0) is 10.8. The Morgan fingerprint density at radius 1 is 1.47 bits per heavy atom. The predicted octanol–water partition coefficient (Wildman–Crippen LogP) is 2.40. The number of nitrogens with one attached hydrogen (secondary N) is 1. The standard InChI is InChI=1S/C11H16N2O2/c1-7-2-4-8(5-3-7)10-12-6-9(13-10)11(14)15/h6-8H,2-5H2,1H3,(H,12,13)(H,14,15). The highest BCUT2D eigenvalue weighted by atomic mass is 16.4. The van der Waals surface area contributed by atoms with Crippen molar-refractivity contribution in [3.05, 3.63) is 17.7 Å². The number of carboxylic acids is 1. The smallest absolute Gasteiger partial charge is 0.353 e. The van der Waals surface area contributed by atoms with E-state index >= 15 is 0 Å². The molecule has 4 heteroatoms. The van der Waals surface area contributed by atoms with Crippen molar-refractivity contribution >= 4 is 5.97 Å². The molecule has 1 heterocycles. The van der Waals surface area contributed by atoms with E-state index in [4.69, 9.17) is 5.11 Å². The van der Waals surface area contributed by atoms with E-state index in [1.165, 1.54) is 19.0 Å². The van der Waals surface area contributed by atoms with Crippen molar-refractivity contribution in [2.45, 2.75) is 38.5 Å². The molecule has 2 rings (SSSR count). The van der Waals surface area contributed by atoms with Gasteiger partial charge in [-0.15, -0.1) is 0 Å². The van der Waals surface area contributed by atoms with Gasteiger partial charge in [-0.1, -0.05) is 19.8 Å². The lowest BCUT2D eigenvalue weighted by molar-refractivity contribution is 0.0691. The van der Waals surface area contributed by atoms with Crippen molar-refractivity contribution in [1.82, 2.24) is 9.97 Å². The first-order chi connectivity index (χ1) is 7.16. The van der Waals surface area contributed by atoms with E-state index in [0.29, 0.717) is 5.92 Å². The molecule has 0 spiro atoms. The molecular weight excluding hydrogens is 192 g/mol. The molecule has 1 aliphatic rings. The monoisotopic (exact) mass is 208 g/mol. The van der Waals surface area contributed by atoms with Gasteiger partial charge in [0.2, 0.25) is 0 Å². The van der Waals surface area contributed by atoms with Crippen molar-refractivity contribution in [3.8, 4) is 0 Å². The minimum atomic E-state index is -0.932. The maximum Gasteiger partial charge on any atom is 0.353 e. The lowest BCUT2D eigenvalue weighted by Gasteiger charge is -2.24. The number of rotatable bonds is 2. The Kier molecular flexibility index (Phi) is 2.75. The van der Waals surface area contributed by atoms with Crippen LogP contribution in [-0.2, 0) is 0 Å². The van der Waals surface area contributed by atoms with Gasteiger partial charge >= 0.3 is 5.97 Å². The second-order valence-electron chi connectivity index (χ2n) is 4.44. The minimum Gasteiger partial charge on any atom is -0.477 e. The van der Waals surface area contributed by atoms with Gasteiger partial charge in [-0.25, -0.2) is 9.78 Å². The fourth-order valence-corrected chi connectivity index (χ4v) is 2.19. The van der Waals surface area contributed by atoms with Crippen molar-refractivity contribution in [1.29, 1.82) is 0 Å². The largest absolute Gasteiger partial charge is 0.477 e. The van der Waals surface area contributed by atoms with Crippen LogP contribution in [0.3, 0.4) is 0 Å². The normalized spacial score (nSPS) is 26.5. The summed E-state index contributed by atoms with van der Waals surface area (Å²) in [4.78, 5) is 17.7. The van der Waals surface area contributed by atoms with E-state index < -0.39 is 5.97 Å². The Hall–Kier alpha value is -1.32. The number of nitrogens with zero attached hydrogens (tertiary/aromatic N) is 1. The number of hydrogen-bond acceptors (Lipinski definition) is 2. The molecular formula is C11H16N2O2. The van der Waals surface area contributed by atoms with Crippen LogP contribution in [-0.4, -0.2) is 21.0 Å². The summed E-state index contributed by atoms with van der Waals surface area (Å²) in [5, 5.41) is 8.77. The Morgan fingerprint density at radius 2 is 2.13 bits per heavy atom. The molecule has 4 nitrogen and oxygen atoms in total. The summed E-state index contributed by atoms with van der Waals surface area (Å²) in [5.41, 5.74) is 0.198.